The van der Waals surface area contributed by atoms with Crippen molar-refractivity contribution in [1.29, 1.82) is 5.26 Å². The summed E-state index contributed by atoms with van der Waals surface area (Å²) in [4.78, 5) is 12.2. The van der Waals surface area contributed by atoms with Crippen LogP contribution in [-0.4, -0.2) is 28.3 Å². The maximum atomic E-state index is 10.00. The van der Waals surface area contributed by atoms with E-state index in [0.29, 0.717) is 39.1 Å². The molecule has 4 aromatic rings. The Hall–Kier alpha value is -4.31. The van der Waals surface area contributed by atoms with Crippen LogP contribution in [0.25, 0.3) is 27.3 Å². The highest BCUT2D eigenvalue weighted by molar-refractivity contribution is 7.98. The van der Waals surface area contributed by atoms with Crippen LogP contribution in [0.3, 0.4) is 0 Å². The van der Waals surface area contributed by atoms with E-state index in [4.69, 9.17) is 26.6 Å². The van der Waals surface area contributed by atoms with Crippen molar-refractivity contribution < 1.29 is 14.3 Å². The van der Waals surface area contributed by atoms with E-state index >= 15 is 0 Å². The van der Waals surface area contributed by atoms with E-state index in [1.54, 1.807) is 24.3 Å². The summed E-state index contributed by atoms with van der Waals surface area (Å²) >= 11 is 1.30. The molecule has 0 aliphatic carbocycles. The largest absolute Gasteiger partial charge is 0.491 e. The number of nitrogen functional groups attached to an aromatic ring is 1. The molecule has 0 bridgehead atoms. The van der Waals surface area contributed by atoms with E-state index in [9.17, 15) is 5.26 Å². The fraction of sp³-hybridized carbons (Fsp3) is 0.120. The molecule has 0 amide bonds. The van der Waals surface area contributed by atoms with Crippen LogP contribution in [0.15, 0.2) is 70.4 Å². The van der Waals surface area contributed by atoms with Gasteiger partial charge in [0.15, 0.2) is 12.2 Å². The number of aliphatic hydroxyl groups is 1. The van der Waals surface area contributed by atoms with Gasteiger partial charge in [-0.1, -0.05) is 54.2 Å². The molecule has 8 nitrogen and oxygen atoms in total. The highest BCUT2D eigenvalue weighted by Crippen LogP contribution is 2.42. The number of pyridine rings is 1. The third-order valence-corrected chi connectivity index (χ3v) is 5.90. The van der Waals surface area contributed by atoms with Gasteiger partial charge in [0, 0.05) is 16.9 Å². The quantitative estimate of drug-likeness (QED) is 0.271. The zero-order valence-electron chi connectivity index (χ0n) is 17.9. The Kier molecular flexibility index (Phi) is 7.09. The normalized spacial score (nSPS) is 10.4. The molecular weight excluding hydrogens is 450 g/mol. The number of nitriles is 1. The van der Waals surface area contributed by atoms with Gasteiger partial charge in [-0.2, -0.15) is 5.26 Å². The molecule has 0 atom stereocenters. The molecule has 2 heterocycles. The zero-order valence-corrected chi connectivity index (χ0v) is 18.7. The van der Waals surface area contributed by atoms with Gasteiger partial charge in [-0.05, 0) is 17.7 Å². The molecular formula is C25H19N5O3S. The summed E-state index contributed by atoms with van der Waals surface area (Å²) in [6, 6.07) is 18.7. The van der Waals surface area contributed by atoms with Crippen LogP contribution in [0.2, 0.25) is 0 Å². The molecule has 0 fully saturated rings. The second-order valence-corrected chi connectivity index (χ2v) is 7.97. The summed E-state index contributed by atoms with van der Waals surface area (Å²) in [6.07, 6.45) is 1.39. The molecule has 0 saturated carbocycles. The first-order chi connectivity index (χ1) is 16.7. The Morgan fingerprint density at radius 1 is 1.15 bits per heavy atom. The number of aliphatic hydroxyl groups excluding tert-OH is 1. The average molecular weight is 470 g/mol. The summed E-state index contributed by atoms with van der Waals surface area (Å²) in [5.41, 5.74) is 9.18. The molecule has 0 unspecified atom stereocenters. The van der Waals surface area contributed by atoms with Gasteiger partial charge < -0.3 is 20.0 Å². The van der Waals surface area contributed by atoms with Gasteiger partial charge in [-0.15, -0.1) is 0 Å². The van der Waals surface area contributed by atoms with Crippen molar-refractivity contribution in [2.45, 2.75) is 10.8 Å². The fourth-order valence-corrected chi connectivity index (χ4v) is 4.32. The lowest BCUT2D eigenvalue weighted by molar-refractivity contribution is 0.201. The maximum absolute atomic E-state index is 10.00. The van der Waals surface area contributed by atoms with Crippen molar-refractivity contribution in [1.82, 2.24) is 9.97 Å². The SMILES string of the molecule is [C-]#[N+]c1c(N)nc(SCc2ncoc2-c2ccccc2)c(C#N)c1-c1ccc(OCCO)cc1. The molecule has 0 aliphatic rings. The number of nitrogens with two attached hydrogens (primary N) is 1. The monoisotopic (exact) mass is 469 g/mol. The number of anilines is 1. The van der Waals surface area contributed by atoms with Gasteiger partial charge in [-0.3, -0.25) is 0 Å². The lowest BCUT2D eigenvalue weighted by atomic mass is 10.00. The molecule has 168 valence electrons. The molecule has 2 aromatic carbocycles. The smallest absolute Gasteiger partial charge is 0.236 e. The summed E-state index contributed by atoms with van der Waals surface area (Å²) in [5, 5.41) is 19.3. The summed E-state index contributed by atoms with van der Waals surface area (Å²) in [5.74, 6) is 1.66. The molecule has 3 N–H and O–H groups in total. The number of thioether (sulfide) groups is 1. The Labute approximate surface area is 200 Å². The second-order valence-electron chi connectivity index (χ2n) is 7.00. The van der Waals surface area contributed by atoms with Crippen molar-refractivity contribution in [3.8, 4) is 34.3 Å². The molecule has 34 heavy (non-hydrogen) atoms. The minimum Gasteiger partial charge on any atom is -0.491 e. The average Bonchev–Trinajstić information content (AvgIpc) is 3.35. The third kappa shape index (κ3) is 4.71. The van der Waals surface area contributed by atoms with Gasteiger partial charge in [-0.25, -0.2) is 14.8 Å². The third-order valence-electron chi connectivity index (χ3n) is 4.91. The topological polar surface area (TPSA) is 123 Å². The van der Waals surface area contributed by atoms with Gasteiger partial charge in [0.05, 0.1) is 24.4 Å². The lowest BCUT2D eigenvalue weighted by Gasteiger charge is -2.13. The van der Waals surface area contributed by atoms with Crippen molar-refractivity contribution in [3.05, 3.63) is 83.7 Å². The first-order valence-electron chi connectivity index (χ1n) is 10.2. The molecule has 0 radical (unpaired) electrons. The number of ether oxygens (including phenoxy) is 1. The van der Waals surface area contributed by atoms with E-state index in [1.807, 2.05) is 30.3 Å². The number of nitrogens with zero attached hydrogens (tertiary/aromatic N) is 4. The molecule has 0 spiro atoms. The van der Waals surface area contributed by atoms with Gasteiger partial charge in [0.2, 0.25) is 5.69 Å². The highest BCUT2D eigenvalue weighted by atomic mass is 32.2. The van der Waals surface area contributed by atoms with Gasteiger partial charge in [0.25, 0.3) is 0 Å². The number of hydrogen-bond donors (Lipinski definition) is 2. The standard InChI is InChI=1S/C25H19N5O3S/c1-28-22-21(16-7-9-18(10-8-16)32-12-11-31)19(13-26)25(30-24(22)27)34-14-20-23(33-15-29-20)17-5-3-2-4-6-17/h2-10,15,31H,11-12,14H2,(H2,27,30). The van der Waals surface area contributed by atoms with Crippen LogP contribution < -0.4 is 10.5 Å². The molecule has 2 aromatic heterocycles. The van der Waals surface area contributed by atoms with Crippen LogP contribution in [0, 0.1) is 17.9 Å². The van der Waals surface area contributed by atoms with Crippen molar-refractivity contribution in [3.63, 3.8) is 0 Å². The molecule has 9 heteroatoms. The van der Waals surface area contributed by atoms with Crippen LogP contribution in [0.4, 0.5) is 11.5 Å². The van der Waals surface area contributed by atoms with E-state index in [1.165, 1.54) is 18.2 Å². The number of oxazole rings is 1. The van der Waals surface area contributed by atoms with E-state index in [2.05, 4.69) is 20.9 Å². The Bertz CT molecular complexity index is 1370. The predicted octanol–water partition coefficient (Wildman–Crippen LogP) is 5.07. The second kappa shape index (κ2) is 10.5. The van der Waals surface area contributed by atoms with Crippen LogP contribution in [-0.2, 0) is 5.75 Å². The van der Waals surface area contributed by atoms with Crippen molar-refractivity contribution in [2.75, 3.05) is 18.9 Å². The molecule has 4 rings (SSSR count). The summed E-state index contributed by atoms with van der Waals surface area (Å²) in [6.45, 7) is 7.68. The number of rotatable bonds is 8. The Morgan fingerprint density at radius 3 is 2.59 bits per heavy atom. The van der Waals surface area contributed by atoms with Crippen molar-refractivity contribution in [2.24, 2.45) is 0 Å². The van der Waals surface area contributed by atoms with Crippen LogP contribution in [0.5, 0.6) is 5.75 Å². The molecule has 0 saturated heterocycles. The zero-order chi connectivity index (χ0) is 23.9. The minimum absolute atomic E-state index is 0.0514. The van der Waals surface area contributed by atoms with Crippen LogP contribution in [0.1, 0.15) is 11.3 Å². The predicted molar refractivity (Wildman–Crippen MR) is 129 cm³/mol. The Morgan fingerprint density at radius 2 is 1.91 bits per heavy atom. The van der Waals surface area contributed by atoms with Crippen molar-refractivity contribution >= 4 is 23.3 Å². The van der Waals surface area contributed by atoms with E-state index in [-0.39, 0.29) is 30.3 Å². The summed E-state index contributed by atoms with van der Waals surface area (Å²) < 4.78 is 11.0. The van der Waals surface area contributed by atoms with Crippen LogP contribution >= 0.6 is 11.8 Å². The molecule has 0 aliphatic heterocycles. The van der Waals surface area contributed by atoms with E-state index < -0.39 is 0 Å². The summed E-state index contributed by atoms with van der Waals surface area (Å²) in [7, 11) is 0. The number of hydrogen-bond acceptors (Lipinski definition) is 8. The first-order valence-corrected chi connectivity index (χ1v) is 11.2. The maximum Gasteiger partial charge on any atom is 0.236 e. The Balaban J connectivity index is 1.69. The minimum atomic E-state index is -0.0961. The van der Waals surface area contributed by atoms with Gasteiger partial charge >= 0.3 is 0 Å². The number of benzene rings is 2. The highest BCUT2D eigenvalue weighted by Gasteiger charge is 2.22. The lowest BCUT2D eigenvalue weighted by Crippen LogP contribution is -2.02. The first kappa shape index (κ1) is 22.9. The van der Waals surface area contributed by atoms with E-state index in [0.717, 1.165) is 5.56 Å². The number of aromatic nitrogens is 2. The fourth-order valence-electron chi connectivity index (χ4n) is 3.39. The van der Waals surface area contributed by atoms with Gasteiger partial charge in [0.1, 0.15) is 29.3 Å².